The summed E-state index contributed by atoms with van der Waals surface area (Å²) < 4.78 is 5.26. The Kier molecular flexibility index (Phi) is 4.53. The Labute approximate surface area is 105 Å². The van der Waals surface area contributed by atoms with Crippen LogP contribution in [-0.2, 0) is 9.53 Å². The fourth-order valence-electron chi connectivity index (χ4n) is 1.87. The monoisotopic (exact) mass is 255 g/mol. The average molecular weight is 255 g/mol. The Morgan fingerprint density at radius 2 is 2.59 bits per heavy atom. The summed E-state index contributed by atoms with van der Waals surface area (Å²) in [7, 11) is 0. The Bertz CT molecular complexity index is 347. The molecule has 17 heavy (non-hydrogen) atoms. The molecule has 0 bridgehead atoms. The first-order valence-electron chi connectivity index (χ1n) is 5.83. The largest absolute Gasteiger partial charge is 0.387 e. The maximum atomic E-state index is 11.8. The molecule has 0 radical (unpaired) electrons. The second kappa shape index (κ2) is 6.14. The van der Waals surface area contributed by atoms with E-state index in [0.717, 1.165) is 25.0 Å². The van der Waals surface area contributed by atoms with E-state index in [0.29, 0.717) is 6.61 Å². The summed E-state index contributed by atoms with van der Waals surface area (Å²) in [5, 5.41) is 16.4. The average Bonchev–Trinajstić information content (AvgIpc) is 2.90. The van der Waals surface area contributed by atoms with Crippen LogP contribution in [0.15, 0.2) is 16.8 Å². The summed E-state index contributed by atoms with van der Waals surface area (Å²) in [6, 6.07) is 1.87. The maximum absolute atomic E-state index is 11.8. The van der Waals surface area contributed by atoms with E-state index in [1.807, 2.05) is 16.8 Å². The lowest BCUT2D eigenvalue weighted by Gasteiger charge is -2.21. The van der Waals surface area contributed by atoms with E-state index in [1.54, 1.807) is 0 Å². The van der Waals surface area contributed by atoms with E-state index >= 15 is 0 Å². The van der Waals surface area contributed by atoms with Gasteiger partial charge in [-0.3, -0.25) is 4.79 Å². The first-order valence-corrected chi connectivity index (χ1v) is 6.77. The van der Waals surface area contributed by atoms with Gasteiger partial charge in [0.2, 0.25) is 5.91 Å². The molecule has 2 atom stereocenters. The van der Waals surface area contributed by atoms with Crippen LogP contribution in [0.5, 0.6) is 0 Å². The SMILES string of the molecule is O=C(NCC(O)c1ccsc1)C1CCCOC1. The summed E-state index contributed by atoms with van der Waals surface area (Å²) in [6.07, 6.45) is 1.20. The van der Waals surface area contributed by atoms with Gasteiger partial charge in [0, 0.05) is 13.2 Å². The molecule has 1 aliphatic heterocycles. The molecule has 0 saturated carbocycles. The Morgan fingerprint density at radius 3 is 3.24 bits per heavy atom. The van der Waals surface area contributed by atoms with Crippen molar-refractivity contribution in [3.05, 3.63) is 22.4 Å². The van der Waals surface area contributed by atoms with Crippen LogP contribution in [0, 0.1) is 5.92 Å². The van der Waals surface area contributed by atoms with Crippen LogP contribution in [0.3, 0.4) is 0 Å². The third kappa shape index (κ3) is 3.52. The molecule has 1 amide bonds. The highest BCUT2D eigenvalue weighted by Gasteiger charge is 2.22. The molecule has 1 aliphatic rings. The molecule has 1 fully saturated rings. The van der Waals surface area contributed by atoms with Crippen LogP contribution in [0.1, 0.15) is 24.5 Å². The second-order valence-corrected chi connectivity index (χ2v) is 5.01. The number of carbonyl (C=O) groups excluding carboxylic acids is 1. The molecule has 2 rings (SSSR count). The first-order chi connectivity index (χ1) is 8.27. The molecule has 5 heteroatoms. The van der Waals surface area contributed by atoms with Crippen molar-refractivity contribution in [3.8, 4) is 0 Å². The Balaban J connectivity index is 1.75. The van der Waals surface area contributed by atoms with E-state index in [9.17, 15) is 9.90 Å². The van der Waals surface area contributed by atoms with Crippen LogP contribution >= 0.6 is 11.3 Å². The molecule has 2 N–H and O–H groups in total. The summed E-state index contributed by atoms with van der Waals surface area (Å²) >= 11 is 1.54. The van der Waals surface area contributed by atoms with Crippen molar-refractivity contribution >= 4 is 17.2 Å². The van der Waals surface area contributed by atoms with Crippen molar-refractivity contribution in [2.75, 3.05) is 19.8 Å². The van der Waals surface area contributed by atoms with Crippen LogP contribution in [0.25, 0.3) is 0 Å². The summed E-state index contributed by atoms with van der Waals surface area (Å²) in [6.45, 7) is 1.52. The zero-order chi connectivity index (χ0) is 12.1. The summed E-state index contributed by atoms with van der Waals surface area (Å²) in [5.74, 6) is -0.0718. The number of nitrogens with one attached hydrogen (secondary N) is 1. The van der Waals surface area contributed by atoms with Gasteiger partial charge in [-0.15, -0.1) is 0 Å². The second-order valence-electron chi connectivity index (χ2n) is 4.23. The number of thiophene rings is 1. The van der Waals surface area contributed by atoms with Gasteiger partial charge in [-0.05, 0) is 35.2 Å². The molecular formula is C12H17NO3S. The molecule has 1 saturated heterocycles. The number of hydrogen-bond donors (Lipinski definition) is 2. The lowest BCUT2D eigenvalue weighted by molar-refractivity contribution is -0.129. The van der Waals surface area contributed by atoms with Gasteiger partial charge in [-0.25, -0.2) is 0 Å². The number of ether oxygens (including phenoxy) is 1. The molecule has 0 aromatic carbocycles. The van der Waals surface area contributed by atoms with Gasteiger partial charge >= 0.3 is 0 Å². The fraction of sp³-hybridized carbons (Fsp3) is 0.583. The highest BCUT2D eigenvalue weighted by atomic mass is 32.1. The van der Waals surface area contributed by atoms with Crippen LogP contribution in [0.4, 0.5) is 0 Å². The summed E-state index contributed by atoms with van der Waals surface area (Å²) in [5.41, 5.74) is 0.857. The van der Waals surface area contributed by atoms with Crippen molar-refractivity contribution in [2.24, 2.45) is 5.92 Å². The van der Waals surface area contributed by atoms with Crippen molar-refractivity contribution in [2.45, 2.75) is 18.9 Å². The minimum atomic E-state index is -0.616. The number of aliphatic hydroxyl groups is 1. The van der Waals surface area contributed by atoms with E-state index in [1.165, 1.54) is 11.3 Å². The first kappa shape index (κ1) is 12.5. The Hall–Kier alpha value is -0.910. The van der Waals surface area contributed by atoms with Gasteiger partial charge in [-0.2, -0.15) is 11.3 Å². The van der Waals surface area contributed by atoms with Gasteiger partial charge in [0.15, 0.2) is 0 Å². The predicted molar refractivity (Wildman–Crippen MR) is 65.8 cm³/mol. The van der Waals surface area contributed by atoms with E-state index in [4.69, 9.17) is 4.74 Å². The van der Waals surface area contributed by atoms with E-state index in [-0.39, 0.29) is 18.4 Å². The molecular weight excluding hydrogens is 238 g/mol. The molecule has 0 aliphatic carbocycles. The standard InChI is InChI=1S/C12H17NO3S/c14-11(10-3-5-17-8-10)6-13-12(15)9-2-1-4-16-7-9/h3,5,8-9,11,14H,1-2,4,6-7H2,(H,13,15). The van der Waals surface area contributed by atoms with Crippen molar-refractivity contribution in [3.63, 3.8) is 0 Å². The summed E-state index contributed by atoms with van der Waals surface area (Å²) in [4.78, 5) is 11.8. The Morgan fingerprint density at radius 1 is 1.71 bits per heavy atom. The zero-order valence-electron chi connectivity index (χ0n) is 9.59. The highest BCUT2D eigenvalue weighted by Crippen LogP contribution is 2.16. The third-order valence-corrected chi connectivity index (χ3v) is 3.63. The quantitative estimate of drug-likeness (QED) is 0.853. The van der Waals surface area contributed by atoms with Gasteiger partial charge in [-0.1, -0.05) is 0 Å². The topological polar surface area (TPSA) is 58.6 Å². The van der Waals surface area contributed by atoms with Gasteiger partial charge in [0.1, 0.15) is 0 Å². The number of amides is 1. The number of carbonyl (C=O) groups is 1. The highest BCUT2D eigenvalue weighted by molar-refractivity contribution is 7.07. The normalized spacial score (nSPS) is 22.1. The van der Waals surface area contributed by atoms with Gasteiger partial charge < -0.3 is 15.2 Å². The van der Waals surface area contributed by atoms with Crippen molar-refractivity contribution < 1.29 is 14.6 Å². The van der Waals surface area contributed by atoms with E-state index in [2.05, 4.69) is 5.32 Å². The number of rotatable bonds is 4. The van der Waals surface area contributed by atoms with Crippen LogP contribution < -0.4 is 5.32 Å². The fourth-order valence-corrected chi connectivity index (χ4v) is 2.58. The van der Waals surface area contributed by atoms with Gasteiger partial charge in [0.25, 0.3) is 0 Å². The van der Waals surface area contributed by atoms with Gasteiger partial charge in [0.05, 0.1) is 18.6 Å². The maximum Gasteiger partial charge on any atom is 0.225 e. The number of aliphatic hydroxyl groups excluding tert-OH is 1. The van der Waals surface area contributed by atoms with E-state index < -0.39 is 6.10 Å². The molecule has 94 valence electrons. The zero-order valence-corrected chi connectivity index (χ0v) is 10.4. The van der Waals surface area contributed by atoms with Crippen molar-refractivity contribution in [1.29, 1.82) is 0 Å². The van der Waals surface area contributed by atoms with Crippen LogP contribution in [-0.4, -0.2) is 30.8 Å². The third-order valence-electron chi connectivity index (χ3n) is 2.93. The molecule has 4 nitrogen and oxygen atoms in total. The number of hydrogen-bond acceptors (Lipinski definition) is 4. The molecule has 2 unspecified atom stereocenters. The minimum Gasteiger partial charge on any atom is -0.387 e. The molecule has 2 heterocycles. The van der Waals surface area contributed by atoms with Crippen LogP contribution in [0.2, 0.25) is 0 Å². The lowest BCUT2D eigenvalue weighted by atomic mass is 10.0. The van der Waals surface area contributed by atoms with Crippen molar-refractivity contribution in [1.82, 2.24) is 5.32 Å². The molecule has 1 aromatic heterocycles. The minimum absolute atomic E-state index is 0.0148. The predicted octanol–water partition coefficient (Wildman–Crippen LogP) is 1.32. The molecule has 0 spiro atoms. The lowest BCUT2D eigenvalue weighted by Crippen LogP contribution is -2.37. The smallest absolute Gasteiger partial charge is 0.225 e. The molecule has 1 aromatic rings.